The zero-order valence-electron chi connectivity index (χ0n) is 11.4. The monoisotopic (exact) mass is 265 g/mol. The Kier molecular flexibility index (Phi) is 5.36. The lowest BCUT2D eigenvalue weighted by molar-refractivity contribution is -0.140. The lowest BCUT2D eigenvalue weighted by atomic mass is 10.0. The van der Waals surface area contributed by atoms with Crippen LogP contribution in [0.25, 0.3) is 0 Å². The average Bonchev–Trinajstić information content (AvgIpc) is 2.30. The summed E-state index contributed by atoms with van der Waals surface area (Å²) in [6.45, 7) is 4.38. The summed E-state index contributed by atoms with van der Waals surface area (Å²) in [6.07, 6.45) is 0.116. The first kappa shape index (κ1) is 15.0. The van der Waals surface area contributed by atoms with E-state index >= 15 is 0 Å². The Balaban J connectivity index is 2.63. The molecule has 1 amide bonds. The van der Waals surface area contributed by atoms with Crippen LogP contribution < -0.4 is 10.1 Å². The smallest absolute Gasteiger partial charge is 0.312 e. The minimum absolute atomic E-state index is 0.395. The lowest BCUT2D eigenvalue weighted by Crippen LogP contribution is -2.27. The normalized spacial score (nSPS) is 10.1. The first-order valence-electron chi connectivity index (χ1n) is 6.06. The number of hydrogen-bond donors (Lipinski definition) is 2. The molecule has 0 unspecified atom stereocenters. The van der Waals surface area contributed by atoms with Crippen LogP contribution in [0, 0.1) is 13.8 Å². The Morgan fingerprint density at radius 1 is 1.32 bits per heavy atom. The van der Waals surface area contributed by atoms with Gasteiger partial charge in [-0.2, -0.15) is 0 Å². The van der Waals surface area contributed by atoms with Crippen molar-refractivity contribution in [2.24, 2.45) is 0 Å². The highest BCUT2D eigenvalue weighted by atomic mass is 16.5. The van der Waals surface area contributed by atoms with Gasteiger partial charge in [-0.1, -0.05) is 6.07 Å². The van der Waals surface area contributed by atoms with E-state index in [9.17, 15) is 9.59 Å². The van der Waals surface area contributed by atoms with E-state index in [0.29, 0.717) is 13.0 Å². The summed E-state index contributed by atoms with van der Waals surface area (Å²) in [5.41, 5.74) is 3.25. The number of aliphatic carboxylic acids is 1. The number of carbonyl (C=O) groups excluding carboxylic acids is 1. The summed E-state index contributed by atoms with van der Waals surface area (Å²) in [5, 5.41) is 11.1. The van der Waals surface area contributed by atoms with Crippen LogP contribution in [-0.2, 0) is 16.0 Å². The highest BCUT2D eigenvalue weighted by Crippen LogP contribution is 2.24. The van der Waals surface area contributed by atoms with Crippen molar-refractivity contribution in [3.05, 3.63) is 28.8 Å². The van der Waals surface area contributed by atoms with Crippen LogP contribution in [0.2, 0.25) is 0 Å². The molecule has 5 nitrogen and oxygen atoms in total. The fourth-order valence-electron chi connectivity index (χ4n) is 1.99. The van der Waals surface area contributed by atoms with Gasteiger partial charge in [0.25, 0.3) is 0 Å². The van der Waals surface area contributed by atoms with E-state index in [1.54, 1.807) is 7.11 Å². The van der Waals surface area contributed by atoms with Crippen LogP contribution in [0.1, 0.15) is 23.1 Å². The number of benzene rings is 1. The lowest BCUT2D eigenvalue weighted by Gasteiger charge is -2.13. The van der Waals surface area contributed by atoms with Crippen molar-refractivity contribution < 1.29 is 19.4 Å². The molecule has 0 aliphatic rings. The van der Waals surface area contributed by atoms with Gasteiger partial charge < -0.3 is 15.2 Å². The molecule has 0 fully saturated rings. The van der Waals surface area contributed by atoms with Crippen molar-refractivity contribution in [1.82, 2.24) is 5.32 Å². The number of carboxylic acid groups (broad SMARTS) is 1. The van der Waals surface area contributed by atoms with Crippen LogP contribution in [0.5, 0.6) is 5.75 Å². The van der Waals surface area contributed by atoms with Gasteiger partial charge in [-0.15, -0.1) is 0 Å². The maximum atomic E-state index is 11.2. The maximum absolute atomic E-state index is 11.2. The topological polar surface area (TPSA) is 75.6 Å². The van der Waals surface area contributed by atoms with Gasteiger partial charge in [0.1, 0.15) is 12.2 Å². The molecule has 0 radical (unpaired) electrons. The Morgan fingerprint density at radius 3 is 2.58 bits per heavy atom. The van der Waals surface area contributed by atoms with Crippen molar-refractivity contribution in [2.75, 3.05) is 13.7 Å². The average molecular weight is 265 g/mol. The molecule has 1 aromatic carbocycles. The van der Waals surface area contributed by atoms with E-state index in [-0.39, 0.29) is 0 Å². The van der Waals surface area contributed by atoms with E-state index in [2.05, 4.69) is 11.4 Å². The van der Waals surface area contributed by atoms with Gasteiger partial charge in [-0.3, -0.25) is 9.59 Å². The number of carboxylic acids is 1. The van der Waals surface area contributed by atoms with E-state index in [1.165, 1.54) is 0 Å². The van der Waals surface area contributed by atoms with Crippen molar-refractivity contribution in [1.29, 1.82) is 0 Å². The Hall–Kier alpha value is -2.04. The first-order chi connectivity index (χ1) is 8.93. The van der Waals surface area contributed by atoms with Gasteiger partial charge >= 0.3 is 5.97 Å². The second-order valence-corrected chi connectivity index (χ2v) is 4.43. The van der Waals surface area contributed by atoms with Gasteiger partial charge in [-0.05, 0) is 43.0 Å². The molecular weight excluding hydrogens is 246 g/mol. The van der Waals surface area contributed by atoms with Crippen LogP contribution >= 0.6 is 0 Å². The summed E-state index contributed by atoms with van der Waals surface area (Å²) >= 11 is 0. The van der Waals surface area contributed by atoms with E-state index in [4.69, 9.17) is 9.84 Å². The summed E-state index contributed by atoms with van der Waals surface area (Å²) in [6, 6.07) is 4.00. The third kappa shape index (κ3) is 4.62. The molecule has 5 heteroatoms. The minimum atomic E-state index is -1.12. The Bertz CT molecular complexity index is 483. The third-order valence-electron chi connectivity index (χ3n) is 2.81. The van der Waals surface area contributed by atoms with Gasteiger partial charge in [0.15, 0.2) is 0 Å². The second kappa shape index (κ2) is 6.78. The van der Waals surface area contributed by atoms with Crippen molar-refractivity contribution in [3.63, 3.8) is 0 Å². The molecule has 104 valence electrons. The summed E-state index contributed by atoms with van der Waals surface area (Å²) < 4.78 is 5.32. The number of hydrogen-bond acceptors (Lipinski definition) is 3. The number of aryl methyl sites for hydroxylation is 2. The molecular formula is C14H19NO4. The molecule has 0 saturated heterocycles. The number of nitrogens with one attached hydrogen (secondary N) is 1. The molecule has 2 N–H and O–H groups in total. The Labute approximate surface area is 112 Å². The Morgan fingerprint density at radius 2 is 2.00 bits per heavy atom. The van der Waals surface area contributed by atoms with Crippen molar-refractivity contribution in [3.8, 4) is 5.75 Å². The molecule has 0 bridgehead atoms. The molecule has 0 aliphatic heterocycles. The predicted octanol–water partition coefficient (Wildman–Crippen LogP) is 1.45. The van der Waals surface area contributed by atoms with Gasteiger partial charge in [0, 0.05) is 6.54 Å². The molecule has 0 spiro atoms. The summed E-state index contributed by atoms with van der Waals surface area (Å²) in [4.78, 5) is 21.6. The second-order valence-electron chi connectivity index (χ2n) is 4.43. The van der Waals surface area contributed by atoms with Gasteiger partial charge in [-0.25, -0.2) is 0 Å². The summed E-state index contributed by atoms with van der Waals surface area (Å²) in [7, 11) is 1.61. The predicted molar refractivity (Wildman–Crippen MR) is 71.4 cm³/mol. The van der Waals surface area contributed by atoms with Crippen LogP contribution in [0.4, 0.5) is 0 Å². The van der Waals surface area contributed by atoms with Crippen LogP contribution in [-0.4, -0.2) is 30.6 Å². The van der Waals surface area contributed by atoms with Gasteiger partial charge in [0.2, 0.25) is 5.91 Å². The number of ether oxygens (including phenoxy) is 1. The molecule has 0 saturated carbocycles. The zero-order chi connectivity index (χ0) is 14.4. The van der Waals surface area contributed by atoms with Crippen molar-refractivity contribution in [2.45, 2.75) is 26.7 Å². The van der Waals surface area contributed by atoms with E-state index in [1.807, 2.05) is 19.9 Å². The number of rotatable bonds is 6. The molecule has 0 atom stereocenters. The minimum Gasteiger partial charge on any atom is -0.496 e. The largest absolute Gasteiger partial charge is 0.496 e. The SMILES string of the molecule is COc1cc(C)cc(C)c1CCNC(=O)CC(=O)O. The maximum Gasteiger partial charge on any atom is 0.312 e. The highest BCUT2D eigenvalue weighted by molar-refractivity contribution is 5.93. The molecule has 1 aromatic rings. The first-order valence-corrected chi connectivity index (χ1v) is 6.06. The molecule has 0 aromatic heterocycles. The fraction of sp³-hybridized carbons (Fsp3) is 0.429. The number of methoxy groups -OCH3 is 1. The molecule has 19 heavy (non-hydrogen) atoms. The molecule has 0 heterocycles. The zero-order valence-corrected chi connectivity index (χ0v) is 11.4. The highest BCUT2D eigenvalue weighted by Gasteiger charge is 2.10. The number of carbonyl (C=O) groups is 2. The number of amides is 1. The standard InChI is InChI=1S/C14H19NO4/c1-9-6-10(2)11(12(7-9)19-3)4-5-15-13(16)8-14(17)18/h6-7H,4-5,8H2,1-3H3,(H,15,16)(H,17,18). The van der Waals surface area contributed by atoms with E-state index in [0.717, 1.165) is 22.4 Å². The summed E-state index contributed by atoms with van der Waals surface area (Å²) in [5.74, 6) is -0.803. The molecule has 0 aliphatic carbocycles. The van der Waals surface area contributed by atoms with Crippen LogP contribution in [0.15, 0.2) is 12.1 Å². The third-order valence-corrected chi connectivity index (χ3v) is 2.81. The quantitative estimate of drug-likeness (QED) is 0.763. The molecule has 1 rings (SSSR count). The van der Waals surface area contributed by atoms with Crippen LogP contribution in [0.3, 0.4) is 0 Å². The van der Waals surface area contributed by atoms with Gasteiger partial charge in [0.05, 0.1) is 7.11 Å². The fourth-order valence-corrected chi connectivity index (χ4v) is 1.99. The van der Waals surface area contributed by atoms with E-state index < -0.39 is 18.3 Å². The van der Waals surface area contributed by atoms with Crippen molar-refractivity contribution >= 4 is 11.9 Å².